The number of benzene rings is 1. The molecule has 2 N–H and O–H groups in total. The van der Waals surface area contributed by atoms with Crippen molar-refractivity contribution in [2.45, 2.75) is 57.4 Å². The Bertz CT molecular complexity index is 704. The van der Waals surface area contributed by atoms with Gasteiger partial charge in [-0.25, -0.2) is 0 Å². The zero-order valence-electron chi connectivity index (χ0n) is 17.2. The summed E-state index contributed by atoms with van der Waals surface area (Å²) in [6.45, 7) is 6.89. The van der Waals surface area contributed by atoms with Crippen LogP contribution in [0, 0.1) is 0 Å². The van der Waals surface area contributed by atoms with E-state index in [0.717, 1.165) is 19.4 Å². The van der Waals surface area contributed by atoms with Crippen LogP contribution >= 0.6 is 0 Å². The molecule has 1 atom stereocenters. The van der Waals surface area contributed by atoms with Crippen molar-refractivity contribution in [2.24, 2.45) is 0 Å². The Hall–Kier alpha value is -2.14. The molecule has 2 fully saturated rings. The number of nitrogens with one attached hydrogen (secondary N) is 2. The minimum atomic E-state index is -0.388. The summed E-state index contributed by atoms with van der Waals surface area (Å²) in [4.78, 5) is 27.2. The molecule has 1 aliphatic carbocycles. The van der Waals surface area contributed by atoms with Gasteiger partial charge in [0, 0.05) is 31.6 Å². The molecule has 0 radical (unpaired) electrons. The van der Waals surface area contributed by atoms with E-state index in [-0.39, 0.29) is 29.7 Å². The third-order valence-electron chi connectivity index (χ3n) is 6.13. The van der Waals surface area contributed by atoms with Crippen LogP contribution in [-0.2, 0) is 15.0 Å². The van der Waals surface area contributed by atoms with Crippen LogP contribution in [0.25, 0.3) is 0 Å². The van der Waals surface area contributed by atoms with Crippen LogP contribution < -0.4 is 10.6 Å². The first-order valence-corrected chi connectivity index (χ1v) is 10.5. The molecule has 3 rings (SSSR count). The summed E-state index contributed by atoms with van der Waals surface area (Å²) in [5, 5.41) is 6.06. The maximum Gasteiger partial charge on any atom is 0.237 e. The minimum Gasteiger partial charge on any atom is -0.355 e. The third-order valence-corrected chi connectivity index (χ3v) is 6.13. The first-order chi connectivity index (χ1) is 13.5. The van der Waals surface area contributed by atoms with Crippen molar-refractivity contribution >= 4 is 11.8 Å². The second-order valence-corrected chi connectivity index (χ2v) is 8.42. The van der Waals surface area contributed by atoms with E-state index in [4.69, 9.17) is 0 Å². The fraction of sp³-hybridized carbons (Fsp3) is 0.565. The Balaban J connectivity index is 1.62. The molecule has 1 aromatic carbocycles. The van der Waals surface area contributed by atoms with Gasteiger partial charge < -0.3 is 10.6 Å². The molecule has 1 saturated heterocycles. The SMILES string of the molecule is CC(C)=CCN1CCNC(=O)[C@H]1CC(=O)NCC1(c2ccccc2)CCCC1. The van der Waals surface area contributed by atoms with Gasteiger partial charge in [0.05, 0.1) is 12.5 Å². The second-order valence-electron chi connectivity index (χ2n) is 8.42. The summed E-state index contributed by atoms with van der Waals surface area (Å²) < 4.78 is 0. The number of piperazine rings is 1. The molecule has 0 unspecified atom stereocenters. The summed E-state index contributed by atoms with van der Waals surface area (Å²) in [6, 6.07) is 10.1. The van der Waals surface area contributed by atoms with Gasteiger partial charge >= 0.3 is 0 Å². The van der Waals surface area contributed by atoms with E-state index in [9.17, 15) is 9.59 Å². The molecule has 2 amide bonds. The minimum absolute atomic E-state index is 0.0352. The summed E-state index contributed by atoms with van der Waals surface area (Å²) in [5.74, 6) is -0.0753. The monoisotopic (exact) mass is 383 g/mol. The zero-order chi connectivity index (χ0) is 20.0. The average molecular weight is 384 g/mol. The third kappa shape index (κ3) is 5.02. The maximum absolute atomic E-state index is 12.7. The molecule has 152 valence electrons. The summed E-state index contributed by atoms with van der Waals surface area (Å²) in [5.41, 5.74) is 2.57. The maximum atomic E-state index is 12.7. The number of hydrogen-bond donors (Lipinski definition) is 2. The largest absolute Gasteiger partial charge is 0.355 e. The van der Waals surface area contributed by atoms with Crippen LogP contribution in [0.5, 0.6) is 0 Å². The fourth-order valence-electron chi connectivity index (χ4n) is 4.43. The van der Waals surface area contributed by atoms with Gasteiger partial charge in [-0.05, 0) is 32.3 Å². The predicted molar refractivity (Wildman–Crippen MR) is 112 cm³/mol. The van der Waals surface area contributed by atoms with Crippen LogP contribution in [0.2, 0.25) is 0 Å². The van der Waals surface area contributed by atoms with Crippen molar-refractivity contribution in [2.75, 3.05) is 26.2 Å². The normalized spacial score (nSPS) is 21.8. The van der Waals surface area contributed by atoms with Crippen molar-refractivity contribution in [3.05, 3.63) is 47.5 Å². The second kappa shape index (κ2) is 9.37. The highest BCUT2D eigenvalue weighted by molar-refractivity contribution is 5.88. The van der Waals surface area contributed by atoms with E-state index in [1.807, 2.05) is 6.07 Å². The van der Waals surface area contributed by atoms with Crippen LogP contribution in [0.4, 0.5) is 0 Å². The molecule has 28 heavy (non-hydrogen) atoms. The number of allylic oxidation sites excluding steroid dienone is 1. The van der Waals surface area contributed by atoms with Gasteiger partial charge in [-0.15, -0.1) is 0 Å². The Kier molecular flexibility index (Phi) is 6.89. The number of nitrogens with zero attached hydrogens (tertiary/aromatic N) is 1. The molecular weight excluding hydrogens is 350 g/mol. The summed E-state index contributed by atoms with van der Waals surface area (Å²) >= 11 is 0. The van der Waals surface area contributed by atoms with E-state index in [1.54, 1.807) is 0 Å². The standard InChI is InChI=1S/C23H33N3O2/c1-18(2)10-14-26-15-13-24-22(28)20(26)16-21(27)25-17-23(11-6-7-12-23)19-8-4-3-5-9-19/h3-5,8-10,20H,6-7,11-17H2,1-2H3,(H,24,28)(H,25,27)/t20-/m1/s1. The van der Waals surface area contributed by atoms with E-state index in [2.05, 4.69) is 59.7 Å². The Morgan fingerprint density at radius 2 is 1.96 bits per heavy atom. The lowest BCUT2D eigenvalue weighted by Gasteiger charge is -2.34. The van der Waals surface area contributed by atoms with E-state index in [1.165, 1.54) is 24.0 Å². The van der Waals surface area contributed by atoms with Crippen molar-refractivity contribution in [1.29, 1.82) is 0 Å². The van der Waals surface area contributed by atoms with Gasteiger partial charge in [0.2, 0.25) is 11.8 Å². The van der Waals surface area contributed by atoms with Gasteiger partial charge in [0.1, 0.15) is 0 Å². The zero-order valence-corrected chi connectivity index (χ0v) is 17.2. The van der Waals surface area contributed by atoms with Crippen LogP contribution in [0.1, 0.15) is 51.5 Å². The summed E-state index contributed by atoms with van der Waals surface area (Å²) in [7, 11) is 0. The number of rotatable bonds is 7. The molecule has 1 aromatic rings. The highest BCUT2D eigenvalue weighted by Crippen LogP contribution is 2.40. The molecule has 1 heterocycles. The lowest BCUT2D eigenvalue weighted by Crippen LogP contribution is -2.56. The molecule has 0 bridgehead atoms. The van der Waals surface area contributed by atoms with Gasteiger partial charge in [0.25, 0.3) is 0 Å². The highest BCUT2D eigenvalue weighted by Gasteiger charge is 2.36. The van der Waals surface area contributed by atoms with E-state index >= 15 is 0 Å². The van der Waals surface area contributed by atoms with Gasteiger partial charge in [-0.2, -0.15) is 0 Å². The Labute approximate surface area is 168 Å². The quantitative estimate of drug-likeness (QED) is 0.712. The molecule has 0 spiro atoms. The predicted octanol–water partition coefficient (Wildman–Crippen LogP) is 2.77. The smallest absolute Gasteiger partial charge is 0.237 e. The van der Waals surface area contributed by atoms with Crippen molar-refractivity contribution < 1.29 is 9.59 Å². The first kappa shape index (κ1) is 20.6. The van der Waals surface area contributed by atoms with E-state index < -0.39 is 0 Å². The number of carbonyl (C=O) groups excluding carboxylic acids is 2. The molecule has 1 saturated carbocycles. The number of carbonyl (C=O) groups is 2. The molecule has 1 aliphatic heterocycles. The van der Waals surface area contributed by atoms with Crippen molar-refractivity contribution in [3.63, 3.8) is 0 Å². The molecule has 5 nitrogen and oxygen atoms in total. The molecular formula is C23H33N3O2. The van der Waals surface area contributed by atoms with Gasteiger partial charge in [-0.1, -0.05) is 54.8 Å². The average Bonchev–Trinajstić information content (AvgIpc) is 3.18. The van der Waals surface area contributed by atoms with Crippen LogP contribution in [-0.4, -0.2) is 48.9 Å². The van der Waals surface area contributed by atoms with Gasteiger partial charge in [-0.3, -0.25) is 14.5 Å². The molecule has 2 aliphatic rings. The topological polar surface area (TPSA) is 61.4 Å². The van der Waals surface area contributed by atoms with Crippen LogP contribution in [0.15, 0.2) is 42.0 Å². The van der Waals surface area contributed by atoms with E-state index in [0.29, 0.717) is 19.6 Å². The lowest BCUT2D eigenvalue weighted by molar-refractivity contribution is -0.133. The molecule has 5 heteroatoms. The number of hydrogen-bond acceptors (Lipinski definition) is 3. The Morgan fingerprint density at radius 1 is 1.25 bits per heavy atom. The van der Waals surface area contributed by atoms with Crippen molar-refractivity contribution in [3.8, 4) is 0 Å². The van der Waals surface area contributed by atoms with Crippen LogP contribution in [0.3, 0.4) is 0 Å². The number of amides is 2. The Morgan fingerprint density at radius 3 is 2.64 bits per heavy atom. The lowest BCUT2D eigenvalue weighted by atomic mass is 9.79. The molecule has 0 aromatic heterocycles. The van der Waals surface area contributed by atoms with Crippen molar-refractivity contribution in [1.82, 2.24) is 15.5 Å². The summed E-state index contributed by atoms with van der Waals surface area (Å²) in [6.07, 6.45) is 6.94. The fourth-order valence-corrected chi connectivity index (χ4v) is 4.43. The first-order valence-electron chi connectivity index (χ1n) is 10.5. The van der Waals surface area contributed by atoms with Gasteiger partial charge in [0.15, 0.2) is 0 Å². The highest BCUT2D eigenvalue weighted by atomic mass is 16.2.